The van der Waals surface area contributed by atoms with Crippen LogP contribution in [0.3, 0.4) is 0 Å². The third-order valence-corrected chi connectivity index (χ3v) is 17.2. The summed E-state index contributed by atoms with van der Waals surface area (Å²) in [7, 11) is -3.80. The minimum Gasteiger partial charge on any atom is -0.484 e. The zero-order valence-corrected chi connectivity index (χ0v) is 33.7. The van der Waals surface area contributed by atoms with Gasteiger partial charge < -0.3 is 23.3 Å². The van der Waals surface area contributed by atoms with E-state index >= 15 is 4.39 Å². The number of rotatable bonds is 15. The number of nitriles is 1. The molecule has 1 N–H and O–H groups in total. The molecule has 2 aromatic heterocycles. The van der Waals surface area contributed by atoms with Crippen molar-refractivity contribution in [2.45, 2.75) is 82.0 Å². The van der Waals surface area contributed by atoms with Gasteiger partial charge in [0.25, 0.3) is 14.4 Å². The summed E-state index contributed by atoms with van der Waals surface area (Å²) >= 11 is 0. The molecule has 1 unspecified atom stereocenters. The Morgan fingerprint density at radius 2 is 1.72 bits per heavy atom. The normalized spacial score (nSPS) is 24.6. The van der Waals surface area contributed by atoms with Gasteiger partial charge in [0.2, 0.25) is 11.8 Å². The molecule has 3 fully saturated rings. The molecular weight excluding hydrogens is 765 g/mol. The van der Waals surface area contributed by atoms with Crippen molar-refractivity contribution < 1.29 is 32.4 Å². The summed E-state index contributed by atoms with van der Waals surface area (Å²) in [5.74, 6) is -0.0455. The van der Waals surface area contributed by atoms with Gasteiger partial charge >= 0.3 is 0 Å². The number of alkyl halides is 1. The first-order valence-electron chi connectivity index (χ1n) is 19.4. The van der Waals surface area contributed by atoms with E-state index in [1.807, 2.05) is 19.1 Å². The number of hydrogen-bond donors (Lipinski definition) is 1. The maximum absolute atomic E-state index is 17.0. The molecule has 0 radical (unpaired) electrons. The number of fused-ring (bicyclic) bond motifs is 2. The summed E-state index contributed by atoms with van der Waals surface area (Å²) in [4.78, 5) is 26.3. The van der Waals surface area contributed by atoms with E-state index in [4.69, 9.17) is 28.5 Å². The second-order valence-corrected chi connectivity index (χ2v) is 20.2. The molecule has 3 aliphatic heterocycles. The number of aromatic nitrogens is 4. The van der Waals surface area contributed by atoms with E-state index in [0.29, 0.717) is 12.2 Å². The molecule has 0 aliphatic carbocycles. The number of ether oxygens (including phenoxy) is 3. The Bertz CT molecular complexity index is 2150. The van der Waals surface area contributed by atoms with Gasteiger partial charge in [0, 0.05) is 12.6 Å². The Morgan fingerprint density at radius 1 is 1.02 bits per heavy atom. The van der Waals surface area contributed by atoms with Crippen molar-refractivity contribution >= 4 is 50.0 Å². The van der Waals surface area contributed by atoms with E-state index in [0.717, 1.165) is 25.4 Å². The molecular formula is C41H45FN7O6PSi. The number of para-hydroxylation sites is 1. The molecule has 0 saturated carbocycles. The number of carbonyl (C=O) groups is 1. The van der Waals surface area contributed by atoms with Gasteiger partial charge in [0.05, 0.1) is 31.0 Å². The Labute approximate surface area is 333 Å². The largest absolute Gasteiger partial charge is 0.484 e. The second kappa shape index (κ2) is 17.4. The Balaban J connectivity index is 1.02. The number of hydrogen-bond acceptors (Lipinski definition) is 11. The number of imidazole rings is 1. The van der Waals surface area contributed by atoms with E-state index in [2.05, 4.69) is 92.1 Å². The number of anilines is 1. The van der Waals surface area contributed by atoms with Crippen molar-refractivity contribution in [3.8, 4) is 17.7 Å². The predicted octanol–water partition coefficient (Wildman–Crippen LogP) is 6.15. The van der Waals surface area contributed by atoms with Crippen molar-refractivity contribution in [2.75, 3.05) is 25.1 Å². The first-order valence-corrected chi connectivity index (χ1v) is 23.2. The van der Waals surface area contributed by atoms with Crippen LogP contribution in [0.15, 0.2) is 97.3 Å². The van der Waals surface area contributed by atoms with Crippen LogP contribution in [-0.2, 0) is 18.6 Å². The Morgan fingerprint density at radius 3 is 2.40 bits per heavy atom. The zero-order valence-electron chi connectivity index (χ0n) is 31.8. The first-order chi connectivity index (χ1) is 27.9. The van der Waals surface area contributed by atoms with Gasteiger partial charge in [-0.15, -0.1) is 0 Å². The molecule has 3 aromatic carbocycles. The number of halogens is 1. The lowest BCUT2D eigenvalue weighted by atomic mass is 10.1. The van der Waals surface area contributed by atoms with Crippen LogP contribution >= 0.6 is 8.53 Å². The van der Waals surface area contributed by atoms with Crippen molar-refractivity contribution in [2.24, 2.45) is 0 Å². The smallest absolute Gasteiger partial charge is 0.264 e. The van der Waals surface area contributed by atoms with Crippen LogP contribution < -0.4 is 25.2 Å². The lowest BCUT2D eigenvalue weighted by Crippen LogP contribution is -2.58. The standard InChI is InChI=1S/C41H45FN7O6PSi/c1-3-32-37(55-56-49-23-13-21-31(49)33(54-56)26-57(2,29-17-9-5-10-18-29)30-19-11-6-12-20-30)35(42)40(53-32)48-27-44-36-38(48)46-41(47-39(36)51-24-14-22-43)45-34(50)25-52-28-15-7-4-8-16-28/h4-12,15-20,27,31-33,35,37,40H,3,13-14,21,23-26H2,1-2H3,(H,45,46,47,50)/t31-,32-,33+,35+,37?,40-,56+/m1/s1. The average molecular weight is 810 g/mol. The SMILES string of the molecule is CC[C@H]1O[C@@H](n2cnc3c(OCCC#N)nc(NC(=O)COc4ccccc4)nc32)[C@@H](F)C1O[P@]1O[C@@H](C[Si](C)(c2ccccc2)c2ccccc2)[C@H]2CCCN21. The van der Waals surface area contributed by atoms with E-state index in [9.17, 15) is 4.79 Å². The van der Waals surface area contributed by atoms with Crippen LogP contribution in [0.4, 0.5) is 10.3 Å². The highest BCUT2D eigenvalue weighted by Crippen LogP contribution is 2.59. The molecule has 13 nitrogen and oxygen atoms in total. The summed E-state index contributed by atoms with van der Waals surface area (Å²) < 4.78 is 52.1. The molecule has 57 heavy (non-hydrogen) atoms. The van der Waals surface area contributed by atoms with Crippen LogP contribution in [0.2, 0.25) is 12.6 Å². The van der Waals surface area contributed by atoms with Crippen LogP contribution in [0.25, 0.3) is 11.2 Å². The highest BCUT2D eigenvalue weighted by atomic mass is 31.2. The summed E-state index contributed by atoms with van der Waals surface area (Å²) in [5, 5.41) is 14.5. The van der Waals surface area contributed by atoms with E-state index in [-0.39, 0.29) is 54.8 Å². The Kier molecular flexibility index (Phi) is 11.9. The minimum absolute atomic E-state index is 0.0276. The number of amides is 1. The second-order valence-electron chi connectivity index (χ2n) is 14.6. The highest BCUT2D eigenvalue weighted by Gasteiger charge is 2.54. The van der Waals surface area contributed by atoms with Gasteiger partial charge in [0.1, 0.15) is 26.5 Å². The van der Waals surface area contributed by atoms with Gasteiger partial charge in [-0.2, -0.15) is 15.2 Å². The number of nitrogens with one attached hydrogen (secondary N) is 1. The quantitative estimate of drug-likeness (QED) is 0.0739. The third kappa shape index (κ3) is 8.16. The monoisotopic (exact) mass is 809 g/mol. The van der Waals surface area contributed by atoms with Gasteiger partial charge in [-0.05, 0) is 37.4 Å². The molecule has 8 rings (SSSR count). The minimum atomic E-state index is -2.24. The third-order valence-electron chi connectivity index (χ3n) is 10.9. The van der Waals surface area contributed by atoms with Crippen LogP contribution in [0, 0.1) is 11.3 Å². The van der Waals surface area contributed by atoms with Gasteiger partial charge in [-0.3, -0.25) is 14.7 Å². The fraction of sp³-hybridized carbons (Fsp3) is 0.390. The van der Waals surface area contributed by atoms with Crippen molar-refractivity contribution in [1.82, 2.24) is 24.2 Å². The van der Waals surface area contributed by atoms with Gasteiger partial charge in [-0.25, -0.2) is 14.0 Å². The molecule has 3 saturated heterocycles. The van der Waals surface area contributed by atoms with Crippen LogP contribution in [0.5, 0.6) is 11.6 Å². The molecule has 296 valence electrons. The maximum Gasteiger partial charge on any atom is 0.264 e. The molecule has 7 atom stereocenters. The molecule has 5 heterocycles. The van der Waals surface area contributed by atoms with Crippen LogP contribution in [-0.4, -0.2) is 88.5 Å². The number of benzene rings is 3. The van der Waals surface area contributed by atoms with Crippen molar-refractivity contribution in [3.05, 3.63) is 97.3 Å². The number of nitrogens with zero attached hydrogens (tertiary/aromatic N) is 6. The fourth-order valence-corrected chi connectivity index (χ4v) is 14.0. The lowest BCUT2D eigenvalue weighted by molar-refractivity contribution is -0.118. The zero-order chi connectivity index (χ0) is 39.4. The van der Waals surface area contributed by atoms with Crippen LogP contribution in [0.1, 0.15) is 38.8 Å². The molecule has 5 aromatic rings. The molecule has 16 heteroatoms. The van der Waals surface area contributed by atoms with Crippen molar-refractivity contribution in [1.29, 1.82) is 5.26 Å². The average Bonchev–Trinajstić information content (AvgIpc) is 4.03. The fourth-order valence-electron chi connectivity index (χ4n) is 8.01. The maximum atomic E-state index is 17.0. The summed E-state index contributed by atoms with van der Waals surface area (Å²) in [5.41, 5.74) is 0.419. The van der Waals surface area contributed by atoms with E-state index in [1.165, 1.54) is 21.3 Å². The van der Waals surface area contributed by atoms with Gasteiger partial charge in [-0.1, -0.05) is 103 Å². The Hall–Kier alpha value is -4.81. The summed E-state index contributed by atoms with van der Waals surface area (Å²) in [6.07, 6.45) is -0.274. The van der Waals surface area contributed by atoms with E-state index in [1.54, 1.807) is 24.3 Å². The molecule has 0 spiro atoms. The lowest BCUT2D eigenvalue weighted by Gasteiger charge is -2.32. The predicted molar refractivity (Wildman–Crippen MR) is 216 cm³/mol. The summed E-state index contributed by atoms with van der Waals surface area (Å²) in [6.45, 7) is 4.91. The number of carbonyl (C=O) groups excluding carboxylic acids is 1. The molecule has 1 amide bonds. The molecule has 3 aliphatic rings. The van der Waals surface area contributed by atoms with E-state index < -0.39 is 47.1 Å². The topological polar surface area (TPSA) is 146 Å². The highest BCUT2D eigenvalue weighted by molar-refractivity contribution is 7.45. The first kappa shape index (κ1) is 39.0. The van der Waals surface area contributed by atoms with Crippen molar-refractivity contribution in [3.63, 3.8) is 0 Å². The summed E-state index contributed by atoms with van der Waals surface area (Å²) in [6, 6.07) is 33.5. The molecule has 0 bridgehead atoms. The van der Waals surface area contributed by atoms with Gasteiger partial charge in [0.15, 0.2) is 30.2 Å².